The molecule has 0 bridgehead atoms. The molecular weight excluding hydrogens is 262 g/mol. The molecule has 0 aromatic rings. The minimum Gasteiger partial charge on any atom is -0.505 e. The first-order valence-electron chi connectivity index (χ1n) is 6.14. The molecule has 1 atom stereocenters. The first kappa shape index (κ1) is 13.9. The van der Waals surface area contributed by atoms with Gasteiger partial charge in [-0.15, -0.1) is 0 Å². The van der Waals surface area contributed by atoms with Crippen molar-refractivity contribution in [3.63, 3.8) is 0 Å². The van der Waals surface area contributed by atoms with Crippen LogP contribution in [0.25, 0.3) is 0 Å². The fraction of sp³-hybridized carbons (Fsp3) is 0.286. The average molecular weight is 277 g/mol. The summed E-state index contributed by atoms with van der Waals surface area (Å²) < 4.78 is 9.69. The van der Waals surface area contributed by atoms with Crippen LogP contribution >= 0.6 is 0 Å². The lowest BCUT2D eigenvalue weighted by atomic mass is 10.0. The number of nitrogens with one attached hydrogen (secondary N) is 1. The topological polar surface area (TPSA) is 84.9 Å². The zero-order chi connectivity index (χ0) is 14.5. The molecule has 6 nitrogen and oxygen atoms in total. The largest absolute Gasteiger partial charge is 0.505 e. The zero-order valence-electron chi connectivity index (χ0n) is 11.0. The van der Waals surface area contributed by atoms with Crippen LogP contribution in [0.4, 0.5) is 0 Å². The molecule has 0 aromatic heterocycles. The number of rotatable bonds is 3. The SMILES string of the molecule is COC(=O)C1=CCCC(NC(=O)C2C=CC=CO2)=C1O. The van der Waals surface area contributed by atoms with Crippen LogP contribution in [0.1, 0.15) is 12.8 Å². The molecule has 1 aliphatic heterocycles. The Balaban J connectivity index is 2.10. The summed E-state index contributed by atoms with van der Waals surface area (Å²) in [7, 11) is 1.23. The summed E-state index contributed by atoms with van der Waals surface area (Å²) in [5, 5.41) is 12.6. The van der Waals surface area contributed by atoms with Gasteiger partial charge in [0.05, 0.1) is 24.6 Å². The van der Waals surface area contributed by atoms with E-state index in [-0.39, 0.29) is 11.3 Å². The van der Waals surface area contributed by atoms with Gasteiger partial charge >= 0.3 is 5.97 Å². The van der Waals surface area contributed by atoms with Gasteiger partial charge in [-0.3, -0.25) is 4.79 Å². The summed E-state index contributed by atoms with van der Waals surface area (Å²) in [5.74, 6) is -1.30. The van der Waals surface area contributed by atoms with Crippen molar-refractivity contribution in [1.82, 2.24) is 5.32 Å². The van der Waals surface area contributed by atoms with Crippen molar-refractivity contribution in [3.05, 3.63) is 47.6 Å². The van der Waals surface area contributed by atoms with Crippen LogP contribution in [0, 0.1) is 0 Å². The number of carbonyl (C=O) groups excluding carboxylic acids is 2. The van der Waals surface area contributed by atoms with Crippen molar-refractivity contribution in [1.29, 1.82) is 0 Å². The molecular formula is C14H15NO5. The number of hydrogen-bond acceptors (Lipinski definition) is 5. The average Bonchev–Trinajstić information content (AvgIpc) is 2.49. The van der Waals surface area contributed by atoms with E-state index >= 15 is 0 Å². The van der Waals surface area contributed by atoms with Gasteiger partial charge in [0.15, 0.2) is 6.10 Å². The molecule has 1 amide bonds. The third kappa shape index (κ3) is 2.90. The highest BCUT2D eigenvalue weighted by Crippen LogP contribution is 2.22. The Labute approximate surface area is 116 Å². The molecule has 0 fully saturated rings. The number of ether oxygens (including phenoxy) is 2. The molecule has 0 aromatic carbocycles. The Hall–Kier alpha value is -2.50. The van der Waals surface area contributed by atoms with Crippen LogP contribution in [-0.2, 0) is 19.1 Å². The van der Waals surface area contributed by atoms with Gasteiger partial charge in [-0.25, -0.2) is 4.79 Å². The molecule has 0 radical (unpaired) electrons. The van der Waals surface area contributed by atoms with E-state index in [4.69, 9.17) is 4.74 Å². The van der Waals surface area contributed by atoms with E-state index in [1.807, 2.05) is 0 Å². The monoisotopic (exact) mass is 277 g/mol. The summed E-state index contributed by atoms with van der Waals surface area (Å²) in [5.41, 5.74) is 0.360. The normalized spacial score (nSPS) is 21.1. The minimum absolute atomic E-state index is 0.0639. The molecule has 2 N–H and O–H groups in total. The number of methoxy groups -OCH3 is 1. The van der Waals surface area contributed by atoms with E-state index in [9.17, 15) is 14.7 Å². The molecule has 20 heavy (non-hydrogen) atoms. The van der Waals surface area contributed by atoms with Crippen molar-refractivity contribution in [2.45, 2.75) is 18.9 Å². The molecule has 6 heteroatoms. The van der Waals surface area contributed by atoms with Gasteiger partial charge in [-0.1, -0.05) is 12.2 Å². The van der Waals surface area contributed by atoms with Crippen LogP contribution < -0.4 is 5.32 Å². The second kappa shape index (κ2) is 6.10. The molecule has 0 spiro atoms. The lowest BCUT2D eigenvalue weighted by Crippen LogP contribution is -2.35. The number of aliphatic hydroxyl groups excluding tert-OH is 1. The summed E-state index contributed by atoms with van der Waals surface area (Å²) in [6.45, 7) is 0. The smallest absolute Gasteiger partial charge is 0.341 e. The highest BCUT2D eigenvalue weighted by Gasteiger charge is 2.25. The fourth-order valence-electron chi connectivity index (χ4n) is 1.90. The highest BCUT2D eigenvalue weighted by molar-refractivity contribution is 5.93. The molecule has 106 valence electrons. The highest BCUT2D eigenvalue weighted by atomic mass is 16.5. The summed E-state index contributed by atoms with van der Waals surface area (Å²) in [6.07, 6.45) is 8.17. The lowest BCUT2D eigenvalue weighted by Gasteiger charge is -2.20. The Morgan fingerprint density at radius 2 is 2.25 bits per heavy atom. The van der Waals surface area contributed by atoms with Crippen molar-refractivity contribution >= 4 is 11.9 Å². The van der Waals surface area contributed by atoms with Gasteiger partial charge in [0.2, 0.25) is 0 Å². The van der Waals surface area contributed by atoms with Crippen LogP contribution in [0.15, 0.2) is 47.6 Å². The van der Waals surface area contributed by atoms with Gasteiger partial charge in [0, 0.05) is 0 Å². The lowest BCUT2D eigenvalue weighted by molar-refractivity contribution is -0.136. The van der Waals surface area contributed by atoms with Crippen molar-refractivity contribution in [3.8, 4) is 0 Å². The number of aliphatic hydroxyl groups is 1. The number of amides is 1. The van der Waals surface area contributed by atoms with Gasteiger partial charge in [-0.05, 0) is 25.0 Å². The van der Waals surface area contributed by atoms with E-state index in [0.29, 0.717) is 18.5 Å². The maximum absolute atomic E-state index is 12.0. The number of carbonyl (C=O) groups is 2. The second-order valence-electron chi connectivity index (χ2n) is 4.23. The Bertz CT molecular complexity index is 542. The van der Waals surface area contributed by atoms with Crippen LogP contribution in [0.5, 0.6) is 0 Å². The molecule has 0 saturated heterocycles. The second-order valence-corrected chi connectivity index (χ2v) is 4.23. The van der Waals surface area contributed by atoms with Crippen molar-refractivity contribution in [2.24, 2.45) is 0 Å². The molecule has 1 heterocycles. The molecule has 1 aliphatic carbocycles. The van der Waals surface area contributed by atoms with Crippen LogP contribution in [0.2, 0.25) is 0 Å². The van der Waals surface area contributed by atoms with Gasteiger partial charge in [0.25, 0.3) is 5.91 Å². The third-order valence-corrected chi connectivity index (χ3v) is 2.92. The minimum atomic E-state index is -0.743. The molecule has 2 rings (SSSR count). The van der Waals surface area contributed by atoms with Crippen molar-refractivity contribution < 1.29 is 24.2 Å². The van der Waals surface area contributed by atoms with Gasteiger partial charge < -0.3 is 19.9 Å². The Kier molecular flexibility index (Phi) is 4.24. The number of hydrogen-bond donors (Lipinski definition) is 2. The number of esters is 1. The van der Waals surface area contributed by atoms with E-state index in [1.54, 1.807) is 24.3 Å². The van der Waals surface area contributed by atoms with E-state index < -0.39 is 18.0 Å². The maximum atomic E-state index is 12.0. The van der Waals surface area contributed by atoms with Crippen LogP contribution in [-0.4, -0.2) is 30.2 Å². The first-order chi connectivity index (χ1) is 9.63. The maximum Gasteiger partial charge on any atom is 0.341 e. The fourth-order valence-corrected chi connectivity index (χ4v) is 1.90. The molecule has 0 saturated carbocycles. The third-order valence-electron chi connectivity index (χ3n) is 2.92. The van der Waals surface area contributed by atoms with E-state index in [2.05, 4.69) is 10.1 Å². The Morgan fingerprint density at radius 3 is 2.90 bits per heavy atom. The van der Waals surface area contributed by atoms with Gasteiger partial charge in [0.1, 0.15) is 5.76 Å². The van der Waals surface area contributed by atoms with Crippen molar-refractivity contribution in [2.75, 3.05) is 7.11 Å². The summed E-state index contributed by atoms with van der Waals surface area (Å²) >= 11 is 0. The van der Waals surface area contributed by atoms with E-state index in [1.165, 1.54) is 13.4 Å². The number of allylic oxidation sites excluding steroid dienone is 4. The Morgan fingerprint density at radius 1 is 1.45 bits per heavy atom. The van der Waals surface area contributed by atoms with Crippen LogP contribution in [0.3, 0.4) is 0 Å². The summed E-state index contributed by atoms with van der Waals surface area (Å²) in [4.78, 5) is 23.4. The molecule has 2 aliphatic rings. The molecule has 1 unspecified atom stereocenters. The quantitative estimate of drug-likeness (QED) is 0.758. The standard InChI is InChI=1S/C14H15NO5/c1-19-14(18)9-5-4-6-10(12(9)16)15-13(17)11-7-2-3-8-20-11/h2-3,5,7-8,11,16H,4,6H2,1H3,(H,15,17). The zero-order valence-corrected chi connectivity index (χ0v) is 11.0. The van der Waals surface area contributed by atoms with Gasteiger partial charge in [-0.2, -0.15) is 0 Å². The predicted octanol–water partition coefficient (Wildman–Crippen LogP) is 1.23. The summed E-state index contributed by atoms with van der Waals surface area (Å²) in [6, 6.07) is 0. The predicted molar refractivity (Wildman–Crippen MR) is 70.3 cm³/mol. The van der Waals surface area contributed by atoms with E-state index in [0.717, 1.165) is 0 Å². The first-order valence-corrected chi connectivity index (χ1v) is 6.14.